The Bertz CT molecular complexity index is 1440. The molecule has 1 aliphatic rings. The highest BCUT2D eigenvalue weighted by atomic mass is 35.5. The number of benzene rings is 2. The molecule has 3 aromatic rings. The Balaban J connectivity index is 1.83. The van der Waals surface area contributed by atoms with Crippen LogP contribution in [0.25, 0.3) is 0 Å². The fourth-order valence-corrected chi connectivity index (χ4v) is 7.39. The van der Waals surface area contributed by atoms with E-state index in [2.05, 4.69) is 15.3 Å². The van der Waals surface area contributed by atoms with Gasteiger partial charge in [-0.25, -0.2) is 18.4 Å². The number of rotatable bonds is 8. The number of hydrogen-bond donors (Lipinski definition) is 1. The van der Waals surface area contributed by atoms with Gasteiger partial charge in [0.1, 0.15) is 30.3 Å². The van der Waals surface area contributed by atoms with Crippen LogP contribution in [0.1, 0.15) is 16.5 Å². The van der Waals surface area contributed by atoms with E-state index in [1.165, 1.54) is 18.5 Å². The molecule has 15 heteroatoms. The molecule has 12 nitrogen and oxygen atoms in total. The first-order chi connectivity index (χ1) is 18.0. The maximum absolute atomic E-state index is 13.8. The van der Waals surface area contributed by atoms with Gasteiger partial charge in [0.15, 0.2) is 20.1 Å². The molecule has 0 saturated carbocycles. The second-order valence-corrected chi connectivity index (χ2v) is 12.5. The van der Waals surface area contributed by atoms with E-state index >= 15 is 0 Å². The monoisotopic (exact) mass is 578 g/mol. The Kier molecular flexibility index (Phi) is 8.18. The van der Waals surface area contributed by atoms with Crippen molar-refractivity contribution in [2.75, 3.05) is 30.1 Å². The second kappa shape index (κ2) is 11.2. The minimum absolute atomic E-state index is 0.0847. The molecule has 200 valence electrons. The van der Waals surface area contributed by atoms with Gasteiger partial charge in [0.2, 0.25) is 0 Å². The summed E-state index contributed by atoms with van der Waals surface area (Å²) in [6, 6.07) is 10.8. The standard InChI is InChI=1S/C23H23ClN6O6S2/c1-28(12-15-3-5-16(24)6-4-15)22-20-21(26-14-27-22)25-11-18(13-31)29(23(20)38(2,35)36)37(34)19-9-7-17(8-10-19)30(32)33/h3-10,13-14,18,23H,11-12H2,1-2H3,(H,25,26,27)/t18-,23-,37?/m0/s1. The molecule has 1 aliphatic heterocycles. The first kappa shape index (κ1) is 27.7. The van der Waals surface area contributed by atoms with Crippen LogP contribution in [0.3, 0.4) is 0 Å². The molecule has 0 aliphatic carbocycles. The van der Waals surface area contributed by atoms with Gasteiger partial charge in [-0.3, -0.25) is 10.1 Å². The Morgan fingerprint density at radius 2 is 1.87 bits per heavy atom. The van der Waals surface area contributed by atoms with Crippen molar-refractivity contribution in [2.45, 2.75) is 22.9 Å². The summed E-state index contributed by atoms with van der Waals surface area (Å²) < 4.78 is 41.5. The molecule has 1 N–H and O–H groups in total. The number of aldehydes is 1. The molecule has 1 aromatic heterocycles. The molecule has 2 heterocycles. The number of nitrogens with zero attached hydrogens (tertiary/aromatic N) is 5. The zero-order chi connectivity index (χ0) is 27.6. The number of halogens is 1. The molecule has 2 aromatic carbocycles. The van der Waals surface area contributed by atoms with E-state index in [1.807, 2.05) is 12.1 Å². The highest BCUT2D eigenvalue weighted by molar-refractivity contribution is 7.93. The van der Waals surface area contributed by atoms with Crippen molar-refractivity contribution in [1.29, 1.82) is 0 Å². The summed E-state index contributed by atoms with van der Waals surface area (Å²) in [6.07, 6.45) is 2.76. The lowest BCUT2D eigenvalue weighted by molar-refractivity contribution is -0.384. The highest BCUT2D eigenvalue weighted by Crippen LogP contribution is 2.42. The first-order valence-corrected chi connectivity index (χ1v) is 14.6. The number of carbonyl (C=O) groups is 1. The van der Waals surface area contributed by atoms with Gasteiger partial charge in [-0.2, -0.15) is 0 Å². The highest BCUT2D eigenvalue weighted by Gasteiger charge is 2.48. The van der Waals surface area contributed by atoms with Crippen LogP contribution in [0.4, 0.5) is 17.3 Å². The number of carbonyl (C=O) groups excluding carboxylic acids is 1. The Morgan fingerprint density at radius 1 is 1.21 bits per heavy atom. The van der Waals surface area contributed by atoms with E-state index in [0.717, 1.165) is 28.3 Å². The average Bonchev–Trinajstić information content (AvgIpc) is 3.06. The predicted molar refractivity (Wildman–Crippen MR) is 143 cm³/mol. The number of hydrogen-bond acceptors (Lipinski definition) is 11. The number of nitro benzene ring substituents is 1. The lowest BCUT2D eigenvalue weighted by Crippen LogP contribution is -2.47. The van der Waals surface area contributed by atoms with E-state index in [9.17, 15) is 27.9 Å². The van der Waals surface area contributed by atoms with E-state index in [-0.39, 0.29) is 34.3 Å². The predicted octanol–water partition coefficient (Wildman–Crippen LogP) is 2.74. The lowest BCUT2D eigenvalue weighted by atomic mass is 10.2. The van der Waals surface area contributed by atoms with Gasteiger partial charge in [0, 0.05) is 55.7 Å². The third-order valence-electron chi connectivity index (χ3n) is 5.84. The number of fused-ring (bicyclic) bond motifs is 1. The Morgan fingerprint density at radius 3 is 2.45 bits per heavy atom. The van der Waals surface area contributed by atoms with Crippen LogP contribution in [0.5, 0.6) is 0 Å². The third-order valence-corrected chi connectivity index (χ3v) is 9.04. The summed E-state index contributed by atoms with van der Waals surface area (Å²) in [4.78, 5) is 33.0. The van der Waals surface area contributed by atoms with Crippen molar-refractivity contribution in [3.63, 3.8) is 0 Å². The van der Waals surface area contributed by atoms with E-state index in [4.69, 9.17) is 11.6 Å². The topological polar surface area (TPSA) is 162 Å². The molecule has 1 unspecified atom stereocenters. The van der Waals surface area contributed by atoms with Gasteiger partial charge in [-0.1, -0.05) is 28.0 Å². The fourth-order valence-electron chi connectivity index (χ4n) is 4.12. The maximum Gasteiger partial charge on any atom is 0.269 e. The van der Waals surface area contributed by atoms with Gasteiger partial charge in [-0.15, -0.1) is 0 Å². The zero-order valence-corrected chi connectivity index (χ0v) is 22.6. The van der Waals surface area contributed by atoms with Crippen molar-refractivity contribution in [1.82, 2.24) is 14.3 Å². The summed E-state index contributed by atoms with van der Waals surface area (Å²) in [6.45, 7) is 0.248. The van der Waals surface area contributed by atoms with Crippen LogP contribution in [0, 0.1) is 10.1 Å². The number of sulfone groups is 1. The molecule has 0 amide bonds. The summed E-state index contributed by atoms with van der Waals surface area (Å²) in [5.74, 6) is 0.438. The minimum atomic E-state index is -4.06. The van der Waals surface area contributed by atoms with Crippen LogP contribution >= 0.6 is 11.6 Å². The van der Waals surface area contributed by atoms with E-state index in [0.29, 0.717) is 17.9 Å². The molecular weight excluding hydrogens is 556 g/mol. The average molecular weight is 579 g/mol. The second-order valence-electron chi connectivity index (χ2n) is 8.57. The maximum atomic E-state index is 13.8. The number of aromatic nitrogens is 2. The number of anilines is 2. The smallest absolute Gasteiger partial charge is 0.269 e. The molecule has 0 fully saturated rings. The number of nitro groups is 1. The van der Waals surface area contributed by atoms with Gasteiger partial charge >= 0.3 is 0 Å². The molecule has 0 saturated heterocycles. The quantitative estimate of drug-likeness (QED) is 0.181. The summed E-state index contributed by atoms with van der Waals surface area (Å²) >= 11 is 3.78. The summed E-state index contributed by atoms with van der Waals surface area (Å²) in [5.41, 5.74) is 0.782. The van der Waals surface area contributed by atoms with Crippen LogP contribution in [-0.2, 0) is 32.5 Å². The molecule has 0 spiro atoms. The van der Waals surface area contributed by atoms with Crippen LogP contribution in [0.15, 0.2) is 59.8 Å². The molecule has 3 atom stereocenters. The van der Waals surface area contributed by atoms with Crippen molar-refractivity contribution in [3.05, 3.63) is 81.1 Å². The largest absolute Gasteiger partial charge is 0.593 e. The van der Waals surface area contributed by atoms with Crippen LogP contribution < -0.4 is 10.2 Å². The van der Waals surface area contributed by atoms with Crippen molar-refractivity contribution in [2.24, 2.45) is 0 Å². The minimum Gasteiger partial charge on any atom is -0.593 e. The Labute approximate surface area is 227 Å². The summed E-state index contributed by atoms with van der Waals surface area (Å²) in [7, 11) is -2.34. The summed E-state index contributed by atoms with van der Waals surface area (Å²) in [5, 5.41) is 13.0. The normalized spacial score (nSPS) is 18.5. The van der Waals surface area contributed by atoms with Gasteiger partial charge in [0.25, 0.3) is 5.69 Å². The van der Waals surface area contributed by atoms with Gasteiger partial charge in [0.05, 0.1) is 21.8 Å². The Hall–Kier alpha value is -3.30. The number of nitrogens with one attached hydrogen (secondary N) is 1. The van der Waals surface area contributed by atoms with Crippen molar-refractivity contribution >= 4 is 56.4 Å². The SMILES string of the molecule is CN(Cc1ccc(Cl)cc1)c1ncnc2c1[C@H](S(C)(=O)=O)N([S+]([O-])c1ccc([N+](=O)[O-])cc1)[C@H](C=O)CN2. The first-order valence-electron chi connectivity index (χ1n) is 11.1. The zero-order valence-electron chi connectivity index (χ0n) is 20.2. The van der Waals surface area contributed by atoms with Crippen molar-refractivity contribution < 1.29 is 22.7 Å². The van der Waals surface area contributed by atoms with Gasteiger partial charge < -0.3 is 19.6 Å². The molecule has 0 bridgehead atoms. The fraction of sp³-hybridized carbons (Fsp3) is 0.261. The molecule has 4 rings (SSSR count). The van der Waals surface area contributed by atoms with Crippen molar-refractivity contribution in [3.8, 4) is 0 Å². The molecule has 0 radical (unpaired) electrons. The van der Waals surface area contributed by atoms with Crippen LogP contribution in [0.2, 0.25) is 5.02 Å². The molecule has 38 heavy (non-hydrogen) atoms. The lowest BCUT2D eigenvalue weighted by Gasteiger charge is -2.33. The van der Waals surface area contributed by atoms with Crippen LogP contribution in [-0.4, -0.2) is 64.3 Å². The van der Waals surface area contributed by atoms with E-state index < -0.39 is 37.5 Å². The molecular formula is C23H23ClN6O6S2. The van der Waals surface area contributed by atoms with Gasteiger partial charge in [-0.05, 0) is 17.7 Å². The number of non-ortho nitro benzene ring substituents is 1. The third kappa shape index (κ3) is 5.73. The van der Waals surface area contributed by atoms with E-state index in [1.54, 1.807) is 24.1 Å².